The van der Waals surface area contributed by atoms with Crippen LogP contribution in [0, 0.1) is 13.8 Å². The lowest BCUT2D eigenvalue weighted by molar-refractivity contribution is -0.138. The third-order valence-corrected chi connectivity index (χ3v) is 5.90. The van der Waals surface area contributed by atoms with Crippen molar-refractivity contribution in [1.82, 2.24) is 9.88 Å². The molecular formula is C30H28N2O7. The Morgan fingerprint density at radius 1 is 0.949 bits per heavy atom. The largest absolute Gasteiger partial charge is 0.493 e. The number of hydrogen-bond acceptors (Lipinski definition) is 7. The van der Waals surface area contributed by atoms with Gasteiger partial charge in [0.25, 0.3) is 0 Å². The second-order valence-corrected chi connectivity index (χ2v) is 8.93. The summed E-state index contributed by atoms with van der Waals surface area (Å²) in [5.74, 6) is 1.00. The molecular weight excluding hydrogens is 500 g/mol. The van der Waals surface area contributed by atoms with Gasteiger partial charge in [-0.1, -0.05) is 42.0 Å². The smallest absolute Gasteiger partial charge is 0.416 e. The van der Waals surface area contributed by atoms with E-state index in [0.717, 1.165) is 33.6 Å². The van der Waals surface area contributed by atoms with Gasteiger partial charge < -0.3 is 19.0 Å². The highest BCUT2D eigenvalue weighted by molar-refractivity contribution is 5.78. The second kappa shape index (κ2) is 12.6. The van der Waals surface area contributed by atoms with Crippen molar-refractivity contribution in [3.63, 3.8) is 0 Å². The van der Waals surface area contributed by atoms with Crippen LogP contribution in [-0.2, 0) is 17.8 Å². The summed E-state index contributed by atoms with van der Waals surface area (Å²) in [4.78, 5) is 40.5. The Labute approximate surface area is 225 Å². The number of carboxylic acid groups (broad SMARTS) is 1. The number of benzene rings is 3. The molecule has 0 aliphatic carbocycles. The van der Waals surface area contributed by atoms with Crippen molar-refractivity contribution in [2.75, 3.05) is 13.2 Å². The van der Waals surface area contributed by atoms with Gasteiger partial charge in [0.15, 0.2) is 0 Å². The number of carbonyl (C=O) groups excluding carboxylic acids is 2. The summed E-state index contributed by atoms with van der Waals surface area (Å²) < 4.78 is 17.0. The van der Waals surface area contributed by atoms with Crippen molar-refractivity contribution in [2.45, 2.75) is 26.8 Å². The van der Waals surface area contributed by atoms with Gasteiger partial charge in [-0.25, -0.2) is 9.78 Å². The molecule has 1 heterocycles. The standard InChI is InChI=1S/C30H28N2O7/c1-20-3-11-26(12-4-20)39-30(36)32(18-28(34)35)17-22-7-13-25(14-8-22)37-16-15-27-21(2)38-29(31-27)24-9-5-23(19-33)6-10-24/h3-14,19H,15-18H2,1-2H3,(H,34,35). The van der Waals surface area contributed by atoms with Gasteiger partial charge in [-0.2, -0.15) is 0 Å². The second-order valence-electron chi connectivity index (χ2n) is 8.93. The molecule has 0 spiro atoms. The molecule has 200 valence electrons. The number of amides is 1. The molecule has 0 radical (unpaired) electrons. The van der Waals surface area contributed by atoms with Crippen molar-refractivity contribution in [2.24, 2.45) is 0 Å². The zero-order valence-corrected chi connectivity index (χ0v) is 21.6. The first-order valence-electron chi connectivity index (χ1n) is 12.3. The third kappa shape index (κ3) is 7.54. The van der Waals surface area contributed by atoms with Crippen LogP contribution < -0.4 is 9.47 Å². The number of aliphatic carboxylic acids is 1. The van der Waals surface area contributed by atoms with Crippen LogP contribution in [0.2, 0.25) is 0 Å². The van der Waals surface area contributed by atoms with Crippen LogP contribution in [0.25, 0.3) is 11.5 Å². The predicted molar refractivity (Wildman–Crippen MR) is 143 cm³/mol. The number of carboxylic acids is 1. The van der Waals surface area contributed by atoms with Crippen LogP contribution in [0.4, 0.5) is 4.79 Å². The molecule has 0 aliphatic rings. The minimum Gasteiger partial charge on any atom is -0.493 e. The molecule has 0 saturated heterocycles. The maximum Gasteiger partial charge on any atom is 0.416 e. The van der Waals surface area contributed by atoms with E-state index < -0.39 is 18.6 Å². The van der Waals surface area contributed by atoms with Gasteiger partial charge in [-0.15, -0.1) is 0 Å². The van der Waals surface area contributed by atoms with Gasteiger partial charge in [0.05, 0.1) is 12.3 Å². The maximum absolute atomic E-state index is 12.6. The number of carbonyl (C=O) groups is 3. The Bertz CT molecular complexity index is 1430. The molecule has 0 atom stereocenters. The van der Waals surface area contributed by atoms with Crippen LogP contribution in [0.5, 0.6) is 11.5 Å². The van der Waals surface area contributed by atoms with Crippen molar-refractivity contribution in [3.8, 4) is 23.0 Å². The summed E-state index contributed by atoms with van der Waals surface area (Å²) >= 11 is 0. The quantitative estimate of drug-likeness (QED) is 0.254. The Balaban J connectivity index is 1.32. The molecule has 39 heavy (non-hydrogen) atoms. The molecule has 0 fully saturated rings. The van der Waals surface area contributed by atoms with E-state index in [0.29, 0.717) is 41.7 Å². The molecule has 3 aromatic carbocycles. The number of oxazole rings is 1. The molecule has 9 nitrogen and oxygen atoms in total. The summed E-state index contributed by atoms with van der Waals surface area (Å²) in [5.41, 5.74) is 3.88. The lowest BCUT2D eigenvalue weighted by atomic mass is 10.1. The Kier molecular flexibility index (Phi) is 8.73. The number of ether oxygens (including phenoxy) is 2. The van der Waals surface area contributed by atoms with E-state index in [2.05, 4.69) is 4.98 Å². The lowest BCUT2D eigenvalue weighted by Crippen LogP contribution is -2.37. The average Bonchev–Trinajstić information content (AvgIpc) is 3.30. The number of nitrogens with zero attached hydrogens (tertiary/aromatic N) is 2. The van der Waals surface area contributed by atoms with E-state index in [1.807, 2.05) is 13.8 Å². The number of aldehydes is 1. The number of rotatable bonds is 11. The summed E-state index contributed by atoms with van der Waals surface area (Å²) in [6, 6.07) is 21.0. The van der Waals surface area contributed by atoms with Crippen LogP contribution >= 0.6 is 0 Å². The van der Waals surface area contributed by atoms with E-state index in [4.69, 9.17) is 13.9 Å². The molecule has 0 aliphatic heterocycles. The van der Waals surface area contributed by atoms with Crippen LogP contribution in [-0.4, -0.2) is 46.5 Å². The zero-order chi connectivity index (χ0) is 27.8. The third-order valence-electron chi connectivity index (χ3n) is 5.90. The first-order valence-corrected chi connectivity index (χ1v) is 12.3. The highest BCUT2D eigenvalue weighted by atomic mass is 16.6. The molecule has 1 aromatic heterocycles. The number of hydrogen-bond donors (Lipinski definition) is 1. The lowest BCUT2D eigenvalue weighted by Gasteiger charge is -2.20. The Morgan fingerprint density at radius 2 is 1.62 bits per heavy atom. The number of aryl methyl sites for hydroxylation is 2. The van der Waals surface area contributed by atoms with Crippen molar-refractivity contribution in [1.29, 1.82) is 0 Å². The topological polar surface area (TPSA) is 119 Å². The minimum absolute atomic E-state index is 0.0615. The molecule has 4 rings (SSSR count). The summed E-state index contributed by atoms with van der Waals surface area (Å²) in [7, 11) is 0. The van der Waals surface area contributed by atoms with E-state index in [1.165, 1.54) is 0 Å². The Morgan fingerprint density at radius 3 is 2.26 bits per heavy atom. The molecule has 0 saturated carbocycles. The maximum atomic E-state index is 12.6. The minimum atomic E-state index is -1.14. The van der Waals surface area contributed by atoms with E-state index in [-0.39, 0.29) is 6.54 Å². The SMILES string of the molecule is Cc1ccc(OC(=O)N(CC(=O)O)Cc2ccc(OCCc3nc(-c4ccc(C=O)cc4)oc3C)cc2)cc1. The van der Waals surface area contributed by atoms with Gasteiger partial charge in [0, 0.05) is 24.1 Å². The van der Waals surface area contributed by atoms with Crippen molar-refractivity contribution >= 4 is 18.3 Å². The summed E-state index contributed by atoms with van der Waals surface area (Å²) in [6.07, 6.45) is 0.566. The van der Waals surface area contributed by atoms with Gasteiger partial charge in [0.2, 0.25) is 5.89 Å². The molecule has 0 bridgehead atoms. The normalized spacial score (nSPS) is 10.6. The van der Waals surface area contributed by atoms with Gasteiger partial charge >= 0.3 is 12.1 Å². The Hall–Kier alpha value is -4.92. The van der Waals surface area contributed by atoms with Crippen LogP contribution in [0.1, 0.15) is 32.9 Å². The highest BCUT2D eigenvalue weighted by Gasteiger charge is 2.20. The van der Waals surface area contributed by atoms with Gasteiger partial charge in [-0.05, 0) is 55.8 Å². The molecule has 0 unspecified atom stereocenters. The van der Waals surface area contributed by atoms with Gasteiger partial charge in [0.1, 0.15) is 30.1 Å². The van der Waals surface area contributed by atoms with Crippen LogP contribution in [0.15, 0.2) is 77.2 Å². The van der Waals surface area contributed by atoms with E-state index >= 15 is 0 Å². The average molecular weight is 529 g/mol. The monoisotopic (exact) mass is 528 g/mol. The van der Waals surface area contributed by atoms with E-state index in [9.17, 15) is 19.5 Å². The number of aromatic nitrogens is 1. The molecule has 1 amide bonds. The van der Waals surface area contributed by atoms with Gasteiger partial charge in [-0.3, -0.25) is 14.5 Å². The first-order chi connectivity index (χ1) is 18.8. The highest BCUT2D eigenvalue weighted by Crippen LogP contribution is 2.23. The summed E-state index contributed by atoms with van der Waals surface area (Å²) in [5, 5.41) is 9.26. The fourth-order valence-electron chi connectivity index (χ4n) is 3.78. The predicted octanol–water partition coefficient (Wildman–Crippen LogP) is 5.48. The summed E-state index contributed by atoms with van der Waals surface area (Å²) in [6.45, 7) is 3.69. The molecule has 1 N–H and O–H groups in total. The van der Waals surface area contributed by atoms with Crippen molar-refractivity contribution < 1.29 is 33.4 Å². The molecule has 9 heteroatoms. The first kappa shape index (κ1) is 27.1. The van der Waals surface area contributed by atoms with Crippen molar-refractivity contribution in [3.05, 3.63) is 101 Å². The zero-order valence-electron chi connectivity index (χ0n) is 21.6. The van der Waals surface area contributed by atoms with E-state index in [1.54, 1.807) is 72.8 Å². The van der Waals surface area contributed by atoms with Crippen LogP contribution in [0.3, 0.4) is 0 Å². The fourth-order valence-corrected chi connectivity index (χ4v) is 3.78. The molecule has 4 aromatic rings. The fraction of sp³-hybridized carbons (Fsp3) is 0.200.